The van der Waals surface area contributed by atoms with Crippen LogP contribution in [0.2, 0.25) is 5.15 Å². The molecule has 17 heavy (non-hydrogen) atoms. The Balaban J connectivity index is 2.65. The van der Waals surface area contributed by atoms with Crippen molar-refractivity contribution in [1.82, 2.24) is 9.97 Å². The van der Waals surface area contributed by atoms with Gasteiger partial charge in [0.2, 0.25) is 0 Å². The second kappa shape index (κ2) is 6.77. The standard InChI is InChI=1S/C12H20ClN3O/c1-4-10(5-6-17)7-14-12-11(13)15-8(2)9(3)16-12/h10,17H,4-7H2,1-3H3,(H,14,16). The molecule has 2 N–H and O–H groups in total. The quantitative estimate of drug-likeness (QED) is 0.822. The number of rotatable bonds is 6. The molecule has 1 rings (SSSR count). The number of nitrogens with zero attached hydrogens (tertiary/aromatic N) is 2. The van der Waals surface area contributed by atoms with Crippen molar-refractivity contribution in [2.75, 3.05) is 18.5 Å². The van der Waals surface area contributed by atoms with Crippen LogP contribution in [0.25, 0.3) is 0 Å². The summed E-state index contributed by atoms with van der Waals surface area (Å²) >= 11 is 6.02. The predicted octanol–water partition coefficient (Wildman–Crippen LogP) is 2.57. The molecule has 0 radical (unpaired) electrons. The molecule has 0 fully saturated rings. The van der Waals surface area contributed by atoms with E-state index in [1.54, 1.807) is 0 Å². The summed E-state index contributed by atoms with van der Waals surface area (Å²) in [6.45, 7) is 6.88. The molecule has 0 amide bonds. The largest absolute Gasteiger partial charge is 0.396 e. The van der Waals surface area contributed by atoms with Crippen LogP contribution in [0.1, 0.15) is 31.2 Å². The van der Waals surface area contributed by atoms with Gasteiger partial charge >= 0.3 is 0 Å². The van der Waals surface area contributed by atoms with E-state index in [0.717, 1.165) is 30.8 Å². The number of aromatic nitrogens is 2. The van der Waals surface area contributed by atoms with E-state index in [1.807, 2.05) is 13.8 Å². The Hall–Kier alpha value is -0.870. The maximum atomic E-state index is 8.92. The van der Waals surface area contributed by atoms with Gasteiger partial charge in [0.15, 0.2) is 11.0 Å². The van der Waals surface area contributed by atoms with Crippen molar-refractivity contribution in [1.29, 1.82) is 0 Å². The molecule has 0 aliphatic rings. The maximum Gasteiger partial charge on any atom is 0.171 e. The average molecular weight is 258 g/mol. The van der Waals surface area contributed by atoms with E-state index in [2.05, 4.69) is 22.2 Å². The molecule has 1 atom stereocenters. The molecule has 0 saturated heterocycles. The van der Waals surface area contributed by atoms with E-state index in [4.69, 9.17) is 16.7 Å². The fourth-order valence-electron chi connectivity index (χ4n) is 1.56. The molecule has 1 unspecified atom stereocenters. The summed E-state index contributed by atoms with van der Waals surface area (Å²) in [5.74, 6) is 1.06. The normalized spacial score (nSPS) is 12.5. The SMILES string of the molecule is CCC(CCO)CNc1nc(C)c(C)nc1Cl. The third-order valence-electron chi connectivity index (χ3n) is 2.94. The van der Waals surface area contributed by atoms with Gasteiger partial charge in [-0.25, -0.2) is 9.97 Å². The summed E-state index contributed by atoms with van der Waals surface area (Å²) in [4.78, 5) is 8.58. The first-order valence-corrected chi connectivity index (χ1v) is 6.31. The van der Waals surface area contributed by atoms with Gasteiger partial charge < -0.3 is 10.4 Å². The van der Waals surface area contributed by atoms with Crippen LogP contribution < -0.4 is 5.32 Å². The van der Waals surface area contributed by atoms with Gasteiger partial charge in [-0.05, 0) is 26.2 Å². The monoisotopic (exact) mass is 257 g/mol. The second-order valence-corrected chi connectivity index (χ2v) is 4.56. The first-order valence-electron chi connectivity index (χ1n) is 5.94. The molecule has 0 aromatic carbocycles. The number of hydrogen-bond acceptors (Lipinski definition) is 4. The minimum Gasteiger partial charge on any atom is -0.396 e. The lowest BCUT2D eigenvalue weighted by Gasteiger charge is -2.15. The zero-order valence-electron chi connectivity index (χ0n) is 10.6. The molecule has 4 nitrogen and oxygen atoms in total. The van der Waals surface area contributed by atoms with Gasteiger partial charge in [0.25, 0.3) is 0 Å². The Labute approximate surface area is 107 Å². The van der Waals surface area contributed by atoms with Crippen LogP contribution in [0.5, 0.6) is 0 Å². The van der Waals surface area contributed by atoms with Crippen molar-refractivity contribution in [3.8, 4) is 0 Å². The molecule has 1 heterocycles. The molecular weight excluding hydrogens is 238 g/mol. The van der Waals surface area contributed by atoms with Crippen LogP contribution in [0.3, 0.4) is 0 Å². The minimum absolute atomic E-state index is 0.215. The Morgan fingerprint density at radius 2 is 1.94 bits per heavy atom. The predicted molar refractivity (Wildman–Crippen MR) is 70.5 cm³/mol. The van der Waals surface area contributed by atoms with E-state index in [1.165, 1.54) is 0 Å². The zero-order chi connectivity index (χ0) is 12.8. The van der Waals surface area contributed by atoms with E-state index >= 15 is 0 Å². The van der Waals surface area contributed by atoms with Crippen LogP contribution in [-0.4, -0.2) is 28.2 Å². The van der Waals surface area contributed by atoms with Gasteiger partial charge in [-0.15, -0.1) is 0 Å². The Morgan fingerprint density at radius 1 is 1.29 bits per heavy atom. The average Bonchev–Trinajstić information content (AvgIpc) is 2.30. The van der Waals surface area contributed by atoms with E-state index in [0.29, 0.717) is 16.9 Å². The number of halogens is 1. The Kier molecular flexibility index (Phi) is 5.65. The molecule has 0 saturated carbocycles. The van der Waals surface area contributed by atoms with Crippen LogP contribution in [-0.2, 0) is 0 Å². The lowest BCUT2D eigenvalue weighted by atomic mass is 10.0. The lowest BCUT2D eigenvalue weighted by molar-refractivity contribution is 0.258. The van der Waals surface area contributed by atoms with Gasteiger partial charge in [-0.2, -0.15) is 0 Å². The highest BCUT2D eigenvalue weighted by Gasteiger charge is 2.10. The lowest BCUT2D eigenvalue weighted by Crippen LogP contribution is -2.16. The Morgan fingerprint density at radius 3 is 2.53 bits per heavy atom. The number of aryl methyl sites for hydroxylation is 2. The van der Waals surface area contributed by atoms with Crippen LogP contribution in [0.4, 0.5) is 5.82 Å². The van der Waals surface area contributed by atoms with E-state index in [-0.39, 0.29) is 6.61 Å². The summed E-state index contributed by atoms with van der Waals surface area (Å²) in [5, 5.41) is 12.5. The van der Waals surface area contributed by atoms with Gasteiger partial charge in [0, 0.05) is 13.2 Å². The molecule has 0 aliphatic heterocycles. The van der Waals surface area contributed by atoms with Crippen molar-refractivity contribution in [2.45, 2.75) is 33.6 Å². The summed E-state index contributed by atoms with van der Waals surface area (Å²) in [6, 6.07) is 0. The highest BCUT2D eigenvalue weighted by atomic mass is 35.5. The number of aliphatic hydroxyl groups is 1. The molecule has 0 aliphatic carbocycles. The summed E-state index contributed by atoms with van der Waals surface area (Å²) < 4.78 is 0. The number of aliphatic hydroxyl groups excluding tert-OH is 1. The zero-order valence-corrected chi connectivity index (χ0v) is 11.4. The van der Waals surface area contributed by atoms with Crippen LogP contribution in [0.15, 0.2) is 0 Å². The van der Waals surface area contributed by atoms with Gasteiger partial charge in [-0.1, -0.05) is 24.9 Å². The van der Waals surface area contributed by atoms with Crippen LogP contribution >= 0.6 is 11.6 Å². The highest BCUT2D eigenvalue weighted by molar-refractivity contribution is 6.31. The van der Waals surface area contributed by atoms with Crippen LogP contribution in [0, 0.1) is 19.8 Å². The fourth-order valence-corrected chi connectivity index (χ4v) is 1.80. The van der Waals surface area contributed by atoms with Crippen molar-refractivity contribution in [3.05, 3.63) is 16.5 Å². The first-order chi connectivity index (χ1) is 8.08. The second-order valence-electron chi connectivity index (χ2n) is 4.20. The summed E-state index contributed by atoms with van der Waals surface area (Å²) in [7, 11) is 0. The Bertz CT molecular complexity index is 371. The number of hydrogen-bond donors (Lipinski definition) is 2. The van der Waals surface area contributed by atoms with Gasteiger partial charge in [0.1, 0.15) is 0 Å². The first kappa shape index (κ1) is 14.2. The summed E-state index contributed by atoms with van der Waals surface area (Å²) in [6.07, 6.45) is 1.81. The third-order valence-corrected chi connectivity index (χ3v) is 3.20. The molecule has 0 bridgehead atoms. The molecule has 1 aromatic rings. The smallest absolute Gasteiger partial charge is 0.171 e. The van der Waals surface area contributed by atoms with Crippen molar-refractivity contribution in [2.24, 2.45) is 5.92 Å². The van der Waals surface area contributed by atoms with Crippen molar-refractivity contribution < 1.29 is 5.11 Å². The van der Waals surface area contributed by atoms with Gasteiger partial charge in [-0.3, -0.25) is 0 Å². The highest BCUT2D eigenvalue weighted by Crippen LogP contribution is 2.19. The molecule has 5 heteroatoms. The summed E-state index contributed by atoms with van der Waals surface area (Å²) in [5.41, 5.74) is 1.73. The molecule has 1 aromatic heterocycles. The van der Waals surface area contributed by atoms with Gasteiger partial charge in [0.05, 0.1) is 11.4 Å². The number of nitrogens with one attached hydrogen (secondary N) is 1. The maximum absolute atomic E-state index is 8.92. The van der Waals surface area contributed by atoms with Crippen molar-refractivity contribution in [3.63, 3.8) is 0 Å². The third kappa shape index (κ3) is 4.13. The van der Waals surface area contributed by atoms with Crippen molar-refractivity contribution >= 4 is 17.4 Å². The number of anilines is 1. The molecular formula is C12H20ClN3O. The fraction of sp³-hybridized carbons (Fsp3) is 0.667. The minimum atomic E-state index is 0.215. The van der Waals surface area contributed by atoms with E-state index in [9.17, 15) is 0 Å². The topological polar surface area (TPSA) is 58.0 Å². The molecule has 96 valence electrons. The van der Waals surface area contributed by atoms with E-state index < -0.39 is 0 Å². The molecule has 0 spiro atoms.